The second-order valence-corrected chi connectivity index (χ2v) is 7.80. The van der Waals surface area contributed by atoms with Gasteiger partial charge in [0.25, 0.3) is 0 Å². The second-order valence-electron chi connectivity index (χ2n) is 6.96. The first kappa shape index (κ1) is 13.9. The van der Waals surface area contributed by atoms with Crippen molar-refractivity contribution in [2.75, 3.05) is 5.32 Å². The van der Waals surface area contributed by atoms with Crippen molar-refractivity contribution in [3.05, 3.63) is 28.2 Å². The number of hydrogen-bond acceptors (Lipinski definition) is 1. The molecule has 0 saturated heterocycles. The van der Waals surface area contributed by atoms with Gasteiger partial charge in [-0.25, -0.2) is 0 Å². The van der Waals surface area contributed by atoms with Crippen LogP contribution in [-0.2, 0) is 4.79 Å². The van der Waals surface area contributed by atoms with Crippen LogP contribution in [0.5, 0.6) is 0 Å². The summed E-state index contributed by atoms with van der Waals surface area (Å²) < 4.78 is 0. The highest BCUT2D eigenvalue weighted by Gasteiger charge is 2.52. The number of carbonyl (C=O) groups excluding carboxylic acids is 1. The van der Waals surface area contributed by atoms with Gasteiger partial charge in [-0.3, -0.25) is 4.79 Å². The number of fused-ring (bicyclic) bond motifs is 1. The van der Waals surface area contributed by atoms with Gasteiger partial charge in [-0.05, 0) is 67.6 Å². The second kappa shape index (κ2) is 5.17. The summed E-state index contributed by atoms with van der Waals surface area (Å²) in [6.07, 6.45) is 6.34. The number of hydrogen-bond donors (Lipinski definition) is 1. The van der Waals surface area contributed by atoms with Gasteiger partial charge in [-0.1, -0.05) is 29.6 Å². The molecule has 1 amide bonds. The zero-order valence-corrected chi connectivity index (χ0v) is 13.3. The van der Waals surface area contributed by atoms with Gasteiger partial charge < -0.3 is 5.32 Å². The maximum absolute atomic E-state index is 12.7. The number of anilines is 1. The van der Waals surface area contributed by atoms with Crippen LogP contribution in [0.4, 0.5) is 5.69 Å². The van der Waals surface area contributed by atoms with Crippen LogP contribution >= 0.6 is 23.2 Å². The normalized spacial score (nSPS) is 36.8. The molecule has 0 aliphatic heterocycles. The number of halogens is 2. The van der Waals surface area contributed by atoms with Gasteiger partial charge >= 0.3 is 0 Å². The number of nitrogens with one attached hydrogen (secondary N) is 1. The number of benzene rings is 1. The van der Waals surface area contributed by atoms with E-state index in [2.05, 4.69) is 5.32 Å². The fourth-order valence-electron chi connectivity index (χ4n) is 5.07. The zero-order chi connectivity index (χ0) is 14.6. The molecule has 1 aromatic carbocycles. The van der Waals surface area contributed by atoms with Gasteiger partial charge in [0.1, 0.15) is 0 Å². The van der Waals surface area contributed by atoms with Crippen molar-refractivity contribution in [2.24, 2.45) is 29.6 Å². The molecule has 0 unspecified atom stereocenters. The first-order chi connectivity index (χ1) is 10.1. The Balaban J connectivity index is 1.50. The Bertz CT molecular complexity index is 586. The Kier molecular flexibility index (Phi) is 3.42. The lowest BCUT2D eigenvalue weighted by molar-refractivity contribution is -0.121. The quantitative estimate of drug-likeness (QED) is 0.814. The molecular weight excluding hydrogens is 305 g/mol. The molecule has 0 aromatic heterocycles. The van der Waals surface area contributed by atoms with E-state index in [1.54, 1.807) is 18.2 Å². The van der Waals surface area contributed by atoms with Gasteiger partial charge in [0, 0.05) is 10.9 Å². The predicted molar refractivity (Wildman–Crippen MR) is 85.6 cm³/mol. The maximum Gasteiger partial charge on any atom is 0.227 e. The number of carbonyl (C=O) groups is 1. The largest absolute Gasteiger partial charge is 0.325 e. The van der Waals surface area contributed by atoms with E-state index in [0.717, 1.165) is 24.2 Å². The van der Waals surface area contributed by atoms with Gasteiger partial charge in [0.05, 0.1) is 10.7 Å². The van der Waals surface area contributed by atoms with Crippen LogP contribution in [-0.4, -0.2) is 5.91 Å². The Morgan fingerprint density at radius 3 is 2.76 bits per heavy atom. The molecule has 0 radical (unpaired) electrons. The van der Waals surface area contributed by atoms with E-state index in [-0.39, 0.29) is 11.8 Å². The van der Waals surface area contributed by atoms with Crippen molar-refractivity contribution in [3.8, 4) is 0 Å². The van der Waals surface area contributed by atoms with Crippen LogP contribution in [0.3, 0.4) is 0 Å². The molecule has 3 aliphatic carbocycles. The van der Waals surface area contributed by atoms with E-state index in [0.29, 0.717) is 21.7 Å². The lowest BCUT2D eigenvalue weighted by atomic mass is 9.76. The smallest absolute Gasteiger partial charge is 0.227 e. The molecule has 1 N–H and O–H groups in total. The highest BCUT2D eigenvalue weighted by Crippen LogP contribution is 2.59. The van der Waals surface area contributed by atoms with Crippen molar-refractivity contribution >= 4 is 34.8 Å². The maximum atomic E-state index is 12.7. The number of rotatable bonds is 2. The fraction of sp³-hybridized carbons (Fsp3) is 0.588. The average Bonchev–Trinajstić information content (AvgIpc) is 2.93. The third-order valence-electron chi connectivity index (χ3n) is 5.90. The average molecular weight is 324 g/mol. The Morgan fingerprint density at radius 1 is 1.10 bits per heavy atom. The molecule has 2 nitrogen and oxygen atoms in total. The molecule has 0 spiro atoms. The van der Waals surface area contributed by atoms with Crippen LogP contribution < -0.4 is 5.32 Å². The standard InChI is InChI=1S/C17H19Cl2NO/c18-11-2-4-16(15(19)8-11)20-17(21)14-7-10-5-9-1-3-12(14)13(10)6-9/h2,4,8-10,12-14H,1,3,5-7H2,(H,20,21)/t9-,10+,12+,13+,14+/m0/s1. The van der Waals surface area contributed by atoms with Crippen molar-refractivity contribution in [3.63, 3.8) is 0 Å². The Hall–Kier alpha value is -0.730. The highest BCUT2D eigenvalue weighted by molar-refractivity contribution is 6.36. The lowest BCUT2D eigenvalue weighted by Gasteiger charge is -2.29. The molecule has 3 saturated carbocycles. The summed E-state index contributed by atoms with van der Waals surface area (Å²) >= 11 is 12.1. The van der Waals surface area contributed by atoms with Gasteiger partial charge in [0.2, 0.25) is 5.91 Å². The van der Waals surface area contributed by atoms with Crippen molar-refractivity contribution < 1.29 is 4.79 Å². The third kappa shape index (κ3) is 2.37. The van der Waals surface area contributed by atoms with Crippen LogP contribution in [0.15, 0.2) is 18.2 Å². The monoisotopic (exact) mass is 323 g/mol. The summed E-state index contributed by atoms with van der Waals surface area (Å²) in [7, 11) is 0. The van der Waals surface area contributed by atoms with Gasteiger partial charge in [-0.15, -0.1) is 0 Å². The minimum atomic E-state index is 0.150. The topological polar surface area (TPSA) is 29.1 Å². The van der Waals surface area contributed by atoms with E-state index in [1.807, 2.05) is 0 Å². The molecular formula is C17H19Cl2NO. The van der Waals surface area contributed by atoms with Gasteiger partial charge in [-0.2, -0.15) is 0 Å². The first-order valence-electron chi connectivity index (χ1n) is 7.87. The SMILES string of the molecule is O=C(Nc1ccc(Cl)cc1Cl)[C@@H]1C[C@H]2C[C@@H]3CC[C@@H]1[C@@H]2C3. The molecule has 3 fully saturated rings. The van der Waals surface area contributed by atoms with E-state index >= 15 is 0 Å². The molecule has 0 heterocycles. The molecule has 4 rings (SSSR count). The summed E-state index contributed by atoms with van der Waals surface area (Å²) in [4.78, 5) is 12.7. The third-order valence-corrected chi connectivity index (χ3v) is 6.45. The predicted octanol–water partition coefficient (Wildman–Crippen LogP) is 5.00. The van der Waals surface area contributed by atoms with Crippen molar-refractivity contribution in [1.29, 1.82) is 0 Å². The Morgan fingerprint density at radius 2 is 1.95 bits per heavy atom. The first-order valence-corrected chi connectivity index (χ1v) is 8.63. The summed E-state index contributed by atoms with van der Waals surface area (Å²) in [6.45, 7) is 0. The highest BCUT2D eigenvalue weighted by atomic mass is 35.5. The summed E-state index contributed by atoms with van der Waals surface area (Å²) in [5.74, 6) is 3.47. The summed E-state index contributed by atoms with van der Waals surface area (Å²) in [5.41, 5.74) is 0.678. The fourth-order valence-corrected chi connectivity index (χ4v) is 5.52. The molecule has 5 atom stereocenters. The van der Waals surface area contributed by atoms with E-state index in [9.17, 15) is 4.79 Å². The van der Waals surface area contributed by atoms with Crippen molar-refractivity contribution in [1.82, 2.24) is 0 Å². The van der Waals surface area contributed by atoms with Crippen LogP contribution in [0.2, 0.25) is 10.0 Å². The molecule has 21 heavy (non-hydrogen) atoms. The van der Waals surface area contributed by atoms with E-state index < -0.39 is 0 Å². The van der Waals surface area contributed by atoms with Gasteiger partial charge in [0.15, 0.2) is 0 Å². The van der Waals surface area contributed by atoms with E-state index in [4.69, 9.17) is 23.2 Å². The molecule has 2 bridgehead atoms. The summed E-state index contributed by atoms with van der Waals surface area (Å²) in [6, 6.07) is 5.22. The molecule has 1 aromatic rings. The molecule has 112 valence electrons. The zero-order valence-electron chi connectivity index (χ0n) is 11.8. The van der Waals surface area contributed by atoms with Crippen molar-refractivity contribution in [2.45, 2.75) is 32.1 Å². The molecule has 3 aliphatic rings. The van der Waals surface area contributed by atoms with Crippen LogP contribution in [0.1, 0.15) is 32.1 Å². The van der Waals surface area contributed by atoms with Crippen LogP contribution in [0.25, 0.3) is 0 Å². The minimum Gasteiger partial charge on any atom is -0.325 e. The summed E-state index contributed by atoms with van der Waals surface area (Å²) in [5, 5.41) is 4.12. The molecule has 4 heteroatoms. The van der Waals surface area contributed by atoms with E-state index in [1.165, 1.54) is 25.7 Å². The minimum absolute atomic E-state index is 0.150. The number of amides is 1. The lowest BCUT2D eigenvalue weighted by Crippen LogP contribution is -2.30. The van der Waals surface area contributed by atoms with Crippen LogP contribution in [0, 0.1) is 29.6 Å². The Labute approximate surface area is 135 Å².